The number of imidazole rings is 1. The number of aryl methyl sites for hydroxylation is 4. The summed E-state index contributed by atoms with van der Waals surface area (Å²) in [6, 6.07) is 13.6. The van der Waals surface area contributed by atoms with Crippen molar-refractivity contribution in [3.8, 4) is 17.1 Å². The minimum absolute atomic E-state index is 0. The molecule has 2 aromatic heterocycles. The molecule has 0 unspecified atom stereocenters. The standard InChI is InChI=1S/C19H18N5.Ir/c1-12-6-5-7-13(2)18(12)24-14(3)21-22-19(24)15-8-9-17-16(10-15)20-11-23(17)4;/h5-7,9-11H,1-4H3;/q-1;. The zero-order valence-corrected chi connectivity index (χ0v) is 16.9. The molecule has 0 aliphatic heterocycles. The molecule has 4 rings (SSSR count). The van der Waals surface area contributed by atoms with E-state index in [4.69, 9.17) is 0 Å². The first-order chi connectivity index (χ1) is 11.6. The van der Waals surface area contributed by atoms with Gasteiger partial charge in [0.1, 0.15) is 5.82 Å². The van der Waals surface area contributed by atoms with Gasteiger partial charge in [-0.2, -0.15) is 5.10 Å². The van der Waals surface area contributed by atoms with Gasteiger partial charge in [-0.05, 0) is 37.4 Å². The predicted molar refractivity (Wildman–Crippen MR) is 94.1 cm³/mol. The van der Waals surface area contributed by atoms with E-state index < -0.39 is 0 Å². The van der Waals surface area contributed by atoms with Crippen molar-refractivity contribution in [2.24, 2.45) is 7.05 Å². The fourth-order valence-electron chi connectivity index (χ4n) is 3.16. The van der Waals surface area contributed by atoms with Gasteiger partial charge in [0.2, 0.25) is 0 Å². The summed E-state index contributed by atoms with van der Waals surface area (Å²) < 4.78 is 4.09. The summed E-state index contributed by atoms with van der Waals surface area (Å²) in [6.45, 7) is 6.19. The number of aromatic nitrogens is 5. The quantitative estimate of drug-likeness (QED) is 0.389. The summed E-state index contributed by atoms with van der Waals surface area (Å²) in [5, 5.41) is 8.71. The first kappa shape index (κ1) is 17.5. The Balaban J connectivity index is 0.00000182. The summed E-state index contributed by atoms with van der Waals surface area (Å²) in [7, 11) is 1.98. The van der Waals surface area contributed by atoms with Crippen LogP contribution in [0.25, 0.3) is 28.1 Å². The molecule has 0 saturated carbocycles. The van der Waals surface area contributed by atoms with Crippen LogP contribution in [-0.2, 0) is 27.2 Å². The number of fused-ring (bicyclic) bond motifs is 1. The molecule has 6 heteroatoms. The Labute approximate surface area is 160 Å². The molecule has 0 saturated heterocycles. The molecule has 1 radical (unpaired) electrons. The Bertz CT molecular complexity index is 1040. The fraction of sp³-hybridized carbons (Fsp3) is 0.211. The van der Waals surface area contributed by atoms with Crippen molar-refractivity contribution in [2.45, 2.75) is 20.8 Å². The average molecular weight is 509 g/mol. The zero-order valence-electron chi connectivity index (χ0n) is 14.5. The van der Waals surface area contributed by atoms with Gasteiger partial charge in [-0.25, -0.2) is 0 Å². The van der Waals surface area contributed by atoms with Crippen LogP contribution in [0.2, 0.25) is 0 Å². The van der Waals surface area contributed by atoms with Gasteiger partial charge in [-0.15, -0.1) is 28.9 Å². The van der Waals surface area contributed by atoms with Crippen LogP contribution in [0.15, 0.2) is 36.7 Å². The van der Waals surface area contributed by atoms with Gasteiger partial charge >= 0.3 is 0 Å². The van der Waals surface area contributed by atoms with E-state index >= 15 is 0 Å². The summed E-state index contributed by atoms with van der Waals surface area (Å²) in [5.41, 5.74) is 6.39. The van der Waals surface area contributed by atoms with Crippen molar-refractivity contribution in [1.29, 1.82) is 0 Å². The van der Waals surface area contributed by atoms with Crippen molar-refractivity contribution in [1.82, 2.24) is 24.3 Å². The Morgan fingerprint density at radius 1 is 1.04 bits per heavy atom. The van der Waals surface area contributed by atoms with Crippen molar-refractivity contribution < 1.29 is 20.1 Å². The monoisotopic (exact) mass is 509 g/mol. The molecule has 129 valence electrons. The second-order valence-electron chi connectivity index (χ2n) is 6.12. The minimum Gasteiger partial charge on any atom is -0.373 e. The van der Waals surface area contributed by atoms with Gasteiger partial charge in [0.05, 0.1) is 12.2 Å². The molecule has 0 N–H and O–H groups in total. The molecule has 0 fully saturated rings. The van der Waals surface area contributed by atoms with Crippen LogP contribution < -0.4 is 0 Å². The Morgan fingerprint density at radius 3 is 2.48 bits per heavy atom. The van der Waals surface area contributed by atoms with E-state index in [-0.39, 0.29) is 20.1 Å². The molecule has 0 aliphatic rings. The number of benzene rings is 2. The van der Waals surface area contributed by atoms with Gasteiger partial charge < -0.3 is 9.13 Å². The van der Waals surface area contributed by atoms with Gasteiger partial charge in [0, 0.05) is 38.4 Å². The van der Waals surface area contributed by atoms with Gasteiger partial charge in [-0.3, -0.25) is 4.98 Å². The maximum atomic E-state index is 4.43. The average Bonchev–Trinajstić information content (AvgIpc) is 3.11. The summed E-state index contributed by atoms with van der Waals surface area (Å²) in [6.07, 6.45) is 1.81. The van der Waals surface area contributed by atoms with Crippen LogP contribution in [0, 0.1) is 26.8 Å². The third kappa shape index (κ3) is 2.81. The summed E-state index contributed by atoms with van der Waals surface area (Å²) in [4.78, 5) is 4.43. The van der Waals surface area contributed by atoms with Crippen LogP contribution in [0.4, 0.5) is 0 Å². The van der Waals surface area contributed by atoms with Crippen LogP contribution in [-0.4, -0.2) is 24.3 Å². The number of rotatable bonds is 2. The van der Waals surface area contributed by atoms with Crippen molar-refractivity contribution in [3.63, 3.8) is 0 Å². The zero-order chi connectivity index (χ0) is 16.8. The number of hydrogen-bond acceptors (Lipinski definition) is 3. The molecule has 4 aromatic rings. The first-order valence-corrected chi connectivity index (χ1v) is 7.88. The summed E-state index contributed by atoms with van der Waals surface area (Å²) in [5.74, 6) is 1.65. The van der Waals surface area contributed by atoms with E-state index in [1.165, 1.54) is 11.1 Å². The third-order valence-corrected chi connectivity index (χ3v) is 4.39. The Hall–Kier alpha value is -2.30. The van der Waals surface area contributed by atoms with Crippen molar-refractivity contribution in [3.05, 3.63) is 59.7 Å². The molecular weight excluding hydrogens is 490 g/mol. The molecular formula is C19H18IrN5-. The minimum atomic E-state index is 0. The van der Waals surface area contributed by atoms with Gasteiger partial charge in [-0.1, -0.05) is 18.2 Å². The van der Waals surface area contributed by atoms with E-state index in [0.717, 1.165) is 33.9 Å². The van der Waals surface area contributed by atoms with Gasteiger partial charge in [0.25, 0.3) is 0 Å². The molecule has 0 amide bonds. The molecule has 5 nitrogen and oxygen atoms in total. The number of para-hydroxylation sites is 1. The third-order valence-electron chi connectivity index (χ3n) is 4.39. The smallest absolute Gasteiger partial charge is 0.125 e. The fourth-order valence-corrected chi connectivity index (χ4v) is 3.16. The molecule has 0 spiro atoms. The second-order valence-corrected chi connectivity index (χ2v) is 6.12. The van der Waals surface area contributed by atoms with Crippen LogP contribution in [0.5, 0.6) is 0 Å². The molecule has 2 heterocycles. The predicted octanol–water partition coefficient (Wildman–Crippen LogP) is 3.54. The van der Waals surface area contributed by atoms with E-state index in [1.807, 2.05) is 37.0 Å². The largest absolute Gasteiger partial charge is 0.373 e. The van der Waals surface area contributed by atoms with Crippen molar-refractivity contribution in [2.75, 3.05) is 0 Å². The normalized spacial score (nSPS) is 10.9. The van der Waals surface area contributed by atoms with E-state index in [2.05, 4.69) is 57.9 Å². The van der Waals surface area contributed by atoms with Crippen LogP contribution >= 0.6 is 0 Å². The van der Waals surface area contributed by atoms with Crippen LogP contribution in [0.1, 0.15) is 17.0 Å². The van der Waals surface area contributed by atoms with E-state index in [0.29, 0.717) is 0 Å². The molecule has 0 aliphatic carbocycles. The molecule has 0 bridgehead atoms. The summed E-state index contributed by atoms with van der Waals surface area (Å²) >= 11 is 0. The van der Waals surface area contributed by atoms with E-state index in [1.54, 1.807) is 0 Å². The van der Waals surface area contributed by atoms with E-state index in [9.17, 15) is 0 Å². The number of nitrogens with zero attached hydrogens (tertiary/aromatic N) is 5. The molecule has 2 aromatic carbocycles. The van der Waals surface area contributed by atoms with Crippen molar-refractivity contribution >= 4 is 11.0 Å². The topological polar surface area (TPSA) is 48.5 Å². The second kappa shape index (κ2) is 6.54. The van der Waals surface area contributed by atoms with Gasteiger partial charge in [0.15, 0.2) is 0 Å². The molecule has 0 atom stereocenters. The number of hydrogen-bond donors (Lipinski definition) is 0. The van der Waals surface area contributed by atoms with Crippen LogP contribution in [0.3, 0.4) is 0 Å². The SMILES string of the molecule is Cc1cccc(C)c1-n1c(C)nnc1-c1[c-]cc2c(c1)ncn2C.[Ir]. The Morgan fingerprint density at radius 2 is 1.76 bits per heavy atom. The Kier molecular flexibility index (Phi) is 4.58. The molecule has 25 heavy (non-hydrogen) atoms. The maximum absolute atomic E-state index is 4.43. The first-order valence-electron chi connectivity index (χ1n) is 7.88. The maximum Gasteiger partial charge on any atom is 0.125 e.